The van der Waals surface area contributed by atoms with Crippen LogP contribution in [0.4, 0.5) is 0 Å². The van der Waals surface area contributed by atoms with Gasteiger partial charge >= 0.3 is 0 Å². The average Bonchev–Trinajstić information content (AvgIpc) is 3.38. The molecule has 0 spiro atoms. The summed E-state index contributed by atoms with van der Waals surface area (Å²) >= 11 is 0. The van der Waals surface area contributed by atoms with Crippen molar-refractivity contribution in [3.8, 4) is 0 Å². The smallest absolute Gasteiger partial charge is 0.186 e. The van der Waals surface area contributed by atoms with E-state index < -0.39 is 54.4 Å². The molecule has 46 heavy (non-hydrogen) atoms. The van der Waals surface area contributed by atoms with Crippen LogP contribution in [-0.4, -0.2) is 92.5 Å². The second-order valence-electron chi connectivity index (χ2n) is 17.3. The van der Waals surface area contributed by atoms with Gasteiger partial charge in [0.1, 0.15) is 30.7 Å². The third-order valence-corrected chi connectivity index (χ3v) is 15.0. The van der Waals surface area contributed by atoms with E-state index in [1.54, 1.807) is 0 Å². The van der Waals surface area contributed by atoms with Crippen molar-refractivity contribution in [2.45, 2.75) is 155 Å². The number of aliphatic hydroxyl groups is 6. The van der Waals surface area contributed by atoms with Gasteiger partial charge in [0.25, 0.3) is 0 Å². The highest BCUT2D eigenvalue weighted by atomic mass is 16.7. The van der Waals surface area contributed by atoms with Crippen LogP contribution < -0.4 is 0 Å². The molecule has 9 nitrogen and oxygen atoms in total. The van der Waals surface area contributed by atoms with Gasteiger partial charge in [0.2, 0.25) is 0 Å². The zero-order valence-electron chi connectivity index (χ0n) is 29.2. The lowest BCUT2D eigenvalue weighted by Gasteiger charge is -2.69. The first-order valence-electron chi connectivity index (χ1n) is 17.9. The van der Waals surface area contributed by atoms with E-state index in [2.05, 4.69) is 48.5 Å². The molecule has 0 bridgehead atoms. The Labute approximate surface area is 275 Å². The molecule has 14 atom stereocenters. The number of carbonyl (C=O) groups is 1. The van der Waals surface area contributed by atoms with Gasteiger partial charge < -0.3 is 44.9 Å². The largest absolute Gasteiger partial charge is 0.394 e. The predicted octanol–water partition coefficient (Wildman–Crippen LogP) is 3.90. The van der Waals surface area contributed by atoms with Crippen LogP contribution in [0, 0.1) is 45.3 Å². The molecule has 1 heterocycles. The normalized spacial score (nSPS) is 48.0. The minimum Gasteiger partial charge on any atom is -0.394 e. The molecule has 6 N–H and O–H groups in total. The Hall–Kier alpha value is -0.910. The lowest BCUT2D eigenvalue weighted by Crippen LogP contribution is -2.65. The number of rotatable bonds is 9. The molecular weight excluding hydrogens is 588 g/mol. The quantitative estimate of drug-likeness (QED) is 0.161. The van der Waals surface area contributed by atoms with Crippen LogP contribution in [0.2, 0.25) is 0 Å². The highest BCUT2D eigenvalue weighted by Gasteiger charge is 2.71. The van der Waals surface area contributed by atoms with Crippen molar-refractivity contribution in [2.75, 3.05) is 13.2 Å². The van der Waals surface area contributed by atoms with Crippen LogP contribution in [0.25, 0.3) is 0 Å². The van der Waals surface area contributed by atoms with E-state index in [4.69, 9.17) is 9.47 Å². The van der Waals surface area contributed by atoms with Crippen LogP contribution in [0.15, 0.2) is 11.1 Å². The van der Waals surface area contributed by atoms with Gasteiger partial charge in [-0.25, -0.2) is 0 Å². The molecule has 1 aliphatic heterocycles. The molecule has 9 heteroatoms. The fourth-order valence-electron chi connectivity index (χ4n) is 11.6. The summed E-state index contributed by atoms with van der Waals surface area (Å²) in [5.74, 6) is 0.480. The van der Waals surface area contributed by atoms with E-state index in [9.17, 15) is 35.4 Å². The van der Waals surface area contributed by atoms with Gasteiger partial charge in [-0.2, -0.15) is 0 Å². The van der Waals surface area contributed by atoms with Crippen molar-refractivity contribution in [1.29, 1.82) is 0 Å². The maximum Gasteiger partial charge on any atom is 0.186 e. The topological polar surface area (TPSA) is 157 Å². The maximum atomic E-state index is 13.3. The Morgan fingerprint density at radius 1 is 0.870 bits per heavy atom. The van der Waals surface area contributed by atoms with Gasteiger partial charge in [0.05, 0.1) is 24.9 Å². The van der Waals surface area contributed by atoms with Gasteiger partial charge in [-0.3, -0.25) is 0 Å². The Bertz CT molecular complexity index is 1150. The Morgan fingerprint density at radius 3 is 2.17 bits per heavy atom. The Morgan fingerprint density at radius 2 is 1.54 bits per heavy atom. The molecule has 1 saturated heterocycles. The predicted molar refractivity (Wildman–Crippen MR) is 173 cm³/mol. The first-order valence-corrected chi connectivity index (χ1v) is 17.9. The molecule has 5 aliphatic rings. The first-order chi connectivity index (χ1) is 21.4. The van der Waals surface area contributed by atoms with Crippen LogP contribution >= 0.6 is 0 Å². The second-order valence-corrected chi connectivity index (χ2v) is 17.3. The fourth-order valence-corrected chi connectivity index (χ4v) is 11.6. The number of hydrogen-bond donors (Lipinski definition) is 6. The average molecular weight is 651 g/mol. The lowest BCUT2D eigenvalue weighted by molar-refractivity contribution is -0.311. The van der Waals surface area contributed by atoms with Crippen molar-refractivity contribution in [3.05, 3.63) is 11.1 Å². The third kappa shape index (κ3) is 5.47. The molecule has 264 valence electrons. The molecular formula is C37H62O9. The summed E-state index contributed by atoms with van der Waals surface area (Å²) in [5, 5.41) is 64.7. The Kier molecular flexibility index (Phi) is 10.1. The fraction of sp³-hybridized carbons (Fsp3) is 0.919. The second kappa shape index (κ2) is 12.8. The van der Waals surface area contributed by atoms with Crippen molar-refractivity contribution in [2.24, 2.45) is 45.3 Å². The zero-order chi connectivity index (χ0) is 34.0. The SMILES string of the molecule is CC(C)=C(C)CC[C@@](O)(CO[C@@H]1O[C@H](CO)[C@@H](O)[C@H](O)[C@H]1O)[C@H]1CC[C@]2(C)C1CCC1[C@@]3(C=O)CCC(O)C(C)(C)C3CC[C@]12C. The van der Waals surface area contributed by atoms with Gasteiger partial charge in [-0.1, -0.05) is 38.8 Å². The van der Waals surface area contributed by atoms with Gasteiger partial charge in [-0.15, -0.1) is 0 Å². The minimum atomic E-state index is -1.55. The van der Waals surface area contributed by atoms with E-state index in [1.165, 1.54) is 17.4 Å². The highest BCUT2D eigenvalue weighted by Crippen LogP contribution is 2.75. The number of hydrogen-bond acceptors (Lipinski definition) is 9. The summed E-state index contributed by atoms with van der Waals surface area (Å²) in [4.78, 5) is 13.3. The van der Waals surface area contributed by atoms with Gasteiger partial charge in [0.15, 0.2) is 6.29 Å². The number of aliphatic hydroxyl groups excluding tert-OH is 5. The van der Waals surface area contributed by atoms with Gasteiger partial charge in [0, 0.05) is 5.41 Å². The Balaban J connectivity index is 1.44. The summed E-state index contributed by atoms with van der Waals surface area (Å²) < 4.78 is 11.8. The molecule has 4 saturated carbocycles. The first kappa shape index (κ1) is 36.4. The van der Waals surface area contributed by atoms with E-state index in [-0.39, 0.29) is 46.5 Å². The van der Waals surface area contributed by atoms with Crippen molar-refractivity contribution in [3.63, 3.8) is 0 Å². The van der Waals surface area contributed by atoms with E-state index in [0.29, 0.717) is 19.3 Å². The lowest BCUT2D eigenvalue weighted by atomic mass is 9.35. The van der Waals surface area contributed by atoms with Crippen LogP contribution in [0.3, 0.4) is 0 Å². The summed E-state index contributed by atoms with van der Waals surface area (Å²) in [6, 6.07) is 0. The van der Waals surface area contributed by atoms with Gasteiger partial charge in [-0.05, 0) is 125 Å². The molecule has 4 aliphatic carbocycles. The highest BCUT2D eigenvalue weighted by molar-refractivity contribution is 5.62. The third-order valence-electron chi connectivity index (χ3n) is 15.0. The molecule has 0 radical (unpaired) electrons. The van der Waals surface area contributed by atoms with E-state index >= 15 is 0 Å². The van der Waals surface area contributed by atoms with Crippen LogP contribution in [0.5, 0.6) is 0 Å². The summed E-state index contributed by atoms with van der Waals surface area (Å²) in [5.41, 5.74) is 0.178. The van der Waals surface area contributed by atoms with E-state index in [1.807, 2.05) is 0 Å². The molecule has 5 rings (SSSR count). The zero-order valence-corrected chi connectivity index (χ0v) is 29.2. The molecule has 4 unspecified atom stereocenters. The van der Waals surface area contributed by atoms with Crippen molar-refractivity contribution >= 4 is 6.29 Å². The van der Waals surface area contributed by atoms with Crippen LogP contribution in [0.1, 0.15) is 113 Å². The molecule has 5 fully saturated rings. The number of carbonyl (C=O) groups excluding carboxylic acids is 1. The number of allylic oxidation sites excluding steroid dienone is 2. The monoisotopic (exact) mass is 650 g/mol. The van der Waals surface area contributed by atoms with Crippen LogP contribution in [-0.2, 0) is 14.3 Å². The molecule has 0 aromatic carbocycles. The standard InChI is InChI=1S/C37H62O9/c1-21(2)22(3)10-17-37(44,20-45-32-31(43)30(42)29(41)25(18-38)46-32)24-11-14-34(6)23(24)8-9-27-35(34,7)15-12-26-33(4,5)28(40)13-16-36(26,27)19-39/h19,23-32,38,40-44H,8-18,20H2,1-7H3/t23?,24-,25+,26?,27?,28?,29+,30-,31+,32+,34+,35+,36+,37+/m0/s1. The molecule has 0 amide bonds. The van der Waals surface area contributed by atoms with Crippen molar-refractivity contribution < 1.29 is 44.9 Å². The van der Waals surface area contributed by atoms with Crippen molar-refractivity contribution in [1.82, 2.24) is 0 Å². The summed E-state index contributed by atoms with van der Waals surface area (Å²) in [7, 11) is 0. The number of aldehydes is 1. The number of ether oxygens (including phenoxy) is 2. The number of fused-ring (bicyclic) bond motifs is 5. The molecule has 0 aromatic heterocycles. The van der Waals surface area contributed by atoms with E-state index in [0.717, 1.165) is 44.9 Å². The minimum absolute atomic E-state index is 0.0837. The summed E-state index contributed by atoms with van der Waals surface area (Å²) in [6.07, 6.45) is 1.91. The molecule has 0 aromatic rings. The maximum absolute atomic E-state index is 13.3. The summed E-state index contributed by atoms with van der Waals surface area (Å²) in [6.45, 7) is 14.6.